The molecule has 0 atom stereocenters. The number of aromatic nitrogens is 2. The number of hydrogen-bond acceptors (Lipinski definition) is 3. The summed E-state index contributed by atoms with van der Waals surface area (Å²) in [4.78, 5) is 9.91. The minimum atomic E-state index is -1.35. The molecule has 0 unspecified atom stereocenters. The van der Waals surface area contributed by atoms with E-state index in [-0.39, 0.29) is 5.88 Å². The first-order valence-corrected chi connectivity index (χ1v) is 2.59. The molecule has 0 aromatic carbocycles. The monoisotopic (exact) mass is 142 g/mol. The molecular weight excluding hydrogens is 136 g/mol. The third-order valence-corrected chi connectivity index (χ3v) is 0.881. The van der Waals surface area contributed by atoms with E-state index in [4.69, 9.17) is 5.11 Å². The van der Waals surface area contributed by atoms with Crippen molar-refractivity contribution >= 4 is 6.16 Å². The Morgan fingerprint density at radius 3 is 3.00 bits per heavy atom. The van der Waals surface area contributed by atoms with Crippen molar-refractivity contribution in [1.29, 1.82) is 0 Å². The summed E-state index contributed by atoms with van der Waals surface area (Å²) in [5.74, 6) is 0.0926. The highest BCUT2D eigenvalue weighted by Crippen LogP contribution is 2.03. The Morgan fingerprint density at radius 2 is 2.60 bits per heavy atom. The van der Waals surface area contributed by atoms with Crippen LogP contribution in [0.4, 0.5) is 4.79 Å². The van der Waals surface area contributed by atoms with Gasteiger partial charge in [0.05, 0.1) is 0 Å². The van der Waals surface area contributed by atoms with Crippen molar-refractivity contribution in [3.8, 4) is 5.88 Å². The van der Waals surface area contributed by atoms with Gasteiger partial charge in [0, 0.05) is 19.3 Å². The van der Waals surface area contributed by atoms with Gasteiger partial charge in [-0.15, -0.1) is 5.10 Å². The van der Waals surface area contributed by atoms with Crippen molar-refractivity contribution in [2.75, 3.05) is 0 Å². The van der Waals surface area contributed by atoms with E-state index in [0.29, 0.717) is 0 Å². The Bertz CT molecular complexity index is 243. The molecule has 0 saturated carbocycles. The molecule has 1 N–H and O–H groups in total. The third-order valence-electron chi connectivity index (χ3n) is 0.881. The topological polar surface area (TPSA) is 64.3 Å². The maximum Gasteiger partial charge on any atom is 0.512 e. The van der Waals surface area contributed by atoms with Crippen LogP contribution in [0, 0.1) is 0 Å². The number of rotatable bonds is 1. The van der Waals surface area contributed by atoms with E-state index in [9.17, 15) is 4.79 Å². The molecule has 0 saturated heterocycles. The normalized spacial score (nSPS) is 9.30. The average Bonchev–Trinajstić information content (AvgIpc) is 2.13. The first-order chi connectivity index (χ1) is 4.68. The number of ether oxygens (including phenoxy) is 1. The lowest BCUT2D eigenvalue weighted by Crippen LogP contribution is -2.03. The van der Waals surface area contributed by atoms with Crippen LogP contribution in [0.3, 0.4) is 0 Å². The predicted molar refractivity (Wildman–Crippen MR) is 31.9 cm³/mol. The van der Waals surface area contributed by atoms with Gasteiger partial charge in [0.25, 0.3) is 0 Å². The first kappa shape index (κ1) is 6.60. The standard InChI is InChI=1S/C5H6N2O3/c1-7-3-2-4(6-7)10-5(8)9/h2-3H,1H3,(H,8,9). The van der Waals surface area contributed by atoms with Gasteiger partial charge in [-0.05, 0) is 0 Å². The quantitative estimate of drug-likeness (QED) is 0.579. The van der Waals surface area contributed by atoms with Gasteiger partial charge in [0.2, 0.25) is 5.88 Å². The lowest BCUT2D eigenvalue weighted by atomic mass is 10.7. The van der Waals surface area contributed by atoms with Gasteiger partial charge in [-0.3, -0.25) is 4.68 Å². The molecule has 1 aromatic rings. The highest BCUT2D eigenvalue weighted by atomic mass is 16.7. The molecule has 1 rings (SSSR count). The first-order valence-electron chi connectivity index (χ1n) is 2.59. The second kappa shape index (κ2) is 2.38. The van der Waals surface area contributed by atoms with Crippen LogP contribution in [0.15, 0.2) is 12.3 Å². The summed E-state index contributed by atoms with van der Waals surface area (Å²) in [6, 6.07) is 1.47. The van der Waals surface area contributed by atoms with E-state index in [1.54, 1.807) is 13.2 Å². The molecule has 0 aliphatic heterocycles. The van der Waals surface area contributed by atoms with E-state index in [1.165, 1.54) is 10.7 Å². The van der Waals surface area contributed by atoms with E-state index in [0.717, 1.165) is 0 Å². The molecule has 54 valence electrons. The maximum atomic E-state index is 9.91. The number of aryl methyl sites for hydroxylation is 1. The second-order valence-corrected chi connectivity index (χ2v) is 1.70. The zero-order chi connectivity index (χ0) is 7.56. The summed E-state index contributed by atoms with van der Waals surface area (Å²) in [6.45, 7) is 0. The summed E-state index contributed by atoms with van der Waals surface area (Å²) in [6.07, 6.45) is 0.247. The zero-order valence-corrected chi connectivity index (χ0v) is 5.31. The minimum absolute atomic E-state index is 0.0926. The van der Waals surface area contributed by atoms with Gasteiger partial charge in [-0.25, -0.2) is 4.79 Å². The number of carboxylic acid groups (broad SMARTS) is 1. The van der Waals surface area contributed by atoms with Crippen molar-refractivity contribution in [1.82, 2.24) is 9.78 Å². The molecule has 0 radical (unpaired) electrons. The van der Waals surface area contributed by atoms with Crippen molar-refractivity contribution in [2.24, 2.45) is 7.05 Å². The highest BCUT2D eigenvalue weighted by Gasteiger charge is 2.01. The van der Waals surface area contributed by atoms with Crippen molar-refractivity contribution in [3.63, 3.8) is 0 Å². The molecule has 1 heterocycles. The molecule has 0 spiro atoms. The fourth-order valence-electron chi connectivity index (χ4n) is 0.538. The van der Waals surface area contributed by atoms with Crippen molar-refractivity contribution in [2.45, 2.75) is 0 Å². The van der Waals surface area contributed by atoms with E-state index in [1.807, 2.05) is 0 Å². The molecule has 0 aliphatic rings. The number of carbonyl (C=O) groups is 1. The lowest BCUT2D eigenvalue weighted by molar-refractivity contribution is 0.142. The summed E-state index contributed by atoms with van der Waals surface area (Å²) >= 11 is 0. The third kappa shape index (κ3) is 1.48. The lowest BCUT2D eigenvalue weighted by Gasteiger charge is -1.90. The van der Waals surface area contributed by atoms with Crippen LogP contribution in [0.5, 0.6) is 5.88 Å². The SMILES string of the molecule is Cn1ccc(OC(=O)O)n1. The van der Waals surface area contributed by atoms with Gasteiger partial charge in [-0.2, -0.15) is 0 Å². The Balaban J connectivity index is 2.67. The Morgan fingerprint density at radius 1 is 1.90 bits per heavy atom. The van der Waals surface area contributed by atoms with Crippen LogP contribution in [0.25, 0.3) is 0 Å². The smallest absolute Gasteiger partial charge is 0.449 e. The Hall–Kier alpha value is -1.52. The van der Waals surface area contributed by atoms with Crippen LogP contribution in [-0.2, 0) is 7.05 Å². The molecule has 0 amide bonds. The van der Waals surface area contributed by atoms with Crippen molar-refractivity contribution in [3.05, 3.63) is 12.3 Å². The van der Waals surface area contributed by atoms with Crippen LogP contribution < -0.4 is 4.74 Å². The van der Waals surface area contributed by atoms with Crippen LogP contribution >= 0.6 is 0 Å². The zero-order valence-electron chi connectivity index (χ0n) is 5.31. The van der Waals surface area contributed by atoms with E-state index >= 15 is 0 Å². The fourth-order valence-corrected chi connectivity index (χ4v) is 0.538. The second-order valence-electron chi connectivity index (χ2n) is 1.70. The van der Waals surface area contributed by atoms with E-state index in [2.05, 4.69) is 9.84 Å². The van der Waals surface area contributed by atoms with Gasteiger partial charge < -0.3 is 9.84 Å². The average molecular weight is 142 g/mol. The van der Waals surface area contributed by atoms with Crippen LogP contribution in [0.2, 0.25) is 0 Å². The van der Waals surface area contributed by atoms with E-state index < -0.39 is 6.16 Å². The summed E-state index contributed by atoms with van der Waals surface area (Å²) < 4.78 is 5.68. The number of hydrogen-bond donors (Lipinski definition) is 1. The number of nitrogens with zero attached hydrogens (tertiary/aromatic N) is 2. The summed E-state index contributed by atoms with van der Waals surface area (Å²) in [5.41, 5.74) is 0. The molecule has 5 heteroatoms. The van der Waals surface area contributed by atoms with Crippen LogP contribution in [-0.4, -0.2) is 21.0 Å². The molecule has 0 aliphatic carbocycles. The highest BCUT2D eigenvalue weighted by molar-refractivity contribution is 5.60. The Labute approximate surface area is 56.8 Å². The van der Waals surface area contributed by atoms with Gasteiger partial charge in [-0.1, -0.05) is 0 Å². The molecular formula is C5H6N2O3. The summed E-state index contributed by atoms with van der Waals surface area (Å²) in [5, 5.41) is 11.8. The molecule has 5 nitrogen and oxygen atoms in total. The van der Waals surface area contributed by atoms with Crippen LogP contribution in [0.1, 0.15) is 0 Å². The maximum absolute atomic E-state index is 9.91. The predicted octanol–water partition coefficient (Wildman–Crippen LogP) is 0.477. The fraction of sp³-hybridized carbons (Fsp3) is 0.200. The van der Waals surface area contributed by atoms with Crippen molar-refractivity contribution < 1.29 is 14.6 Å². The summed E-state index contributed by atoms with van der Waals surface area (Å²) in [7, 11) is 1.68. The molecule has 10 heavy (non-hydrogen) atoms. The largest absolute Gasteiger partial charge is 0.512 e. The molecule has 0 fully saturated rings. The Kier molecular flexibility index (Phi) is 1.57. The van der Waals surface area contributed by atoms with Gasteiger partial charge >= 0.3 is 6.16 Å². The molecule has 0 bridgehead atoms. The van der Waals surface area contributed by atoms with Gasteiger partial charge in [0.1, 0.15) is 0 Å². The minimum Gasteiger partial charge on any atom is -0.449 e. The van der Waals surface area contributed by atoms with Gasteiger partial charge in [0.15, 0.2) is 0 Å². The molecule has 1 aromatic heterocycles.